The van der Waals surface area contributed by atoms with Gasteiger partial charge in [-0.2, -0.15) is 0 Å². The van der Waals surface area contributed by atoms with Gasteiger partial charge in [-0.3, -0.25) is 4.99 Å². The Bertz CT molecular complexity index is 445. The first-order chi connectivity index (χ1) is 7.55. The third kappa shape index (κ3) is 1.64. The van der Waals surface area contributed by atoms with Gasteiger partial charge in [0.05, 0.1) is 19.2 Å². The van der Waals surface area contributed by atoms with E-state index in [0.29, 0.717) is 18.3 Å². The molecule has 0 aromatic heterocycles. The zero-order valence-corrected chi connectivity index (χ0v) is 9.32. The Balaban J connectivity index is 2.35. The second-order valence-corrected chi connectivity index (χ2v) is 4.05. The lowest BCUT2D eigenvalue weighted by Crippen LogP contribution is -2.42. The van der Waals surface area contributed by atoms with Gasteiger partial charge in [-0.1, -0.05) is 6.07 Å². The highest BCUT2D eigenvalue weighted by Crippen LogP contribution is 2.32. The van der Waals surface area contributed by atoms with Crippen LogP contribution in [0.2, 0.25) is 0 Å². The van der Waals surface area contributed by atoms with Gasteiger partial charge in [-0.25, -0.2) is 0 Å². The van der Waals surface area contributed by atoms with Crippen LogP contribution < -0.4 is 15.8 Å². The zero-order chi connectivity index (χ0) is 11.8. The standard InChI is InChI=1S/C11H15N3O2/c1-11(6-13-10(12)14-11)7-3-4-8(15)9(5-7)16-2/h3-5,15H,6H2,1-2H3,(H3,12,13,14). The second-order valence-electron chi connectivity index (χ2n) is 4.05. The summed E-state index contributed by atoms with van der Waals surface area (Å²) < 4.78 is 5.07. The Labute approximate surface area is 93.9 Å². The second kappa shape index (κ2) is 3.59. The summed E-state index contributed by atoms with van der Waals surface area (Å²) in [5.74, 6) is 1.02. The van der Waals surface area contributed by atoms with Crippen LogP contribution in [0.5, 0.6) is 11.5 Å². The van der Waals surface area contributed by atoms with Gasteiger partial charge in [-0.15, -0.1) is 0 Å². The van der Waals surface area contributed by atoms with Crippen molar-refractivity contribution in [1.29, 1.82) is 0 Å². The number of nitrogens with zero attached hydrogens (tertiary/aromatic N) is 1. The van der Waals surface area contributed by atoms with Crippen LogP contribution in [0.4, 0.5) is 0 Å². The number of rotatable bonds is 2. The van der Waals surface area contributed by atoms with Crippen molar-refractivity contribution in [2.75, 3.05) is 13.7 Å². The molecule has 86 valence electrons. The van der Waals surface area contributed by atoms with E-state index in [0.717, 1.165) is 5.56 Å². The number of phenols is 1. The van der Waals surface area contributed by atoms with Crippen molar-refractivity contribution in [1.82, 2.24) is 5.32 Å². The van der Waals surface area contributed by atoms with Gasteiger partial charge in [0.25, 0.3) is 0 Å². The molecule has 0 amide bonds. The third-order valence-corrected chi connectivity index (χ3v) is 2.79. The number of hydrogen-bond acceptors (Lipinski definition) is 5. The molecule has 0 fully saturated rings. The highest BCUT2D eigenvalue weighted by Gasteiger charge is 2.31. The fourth-order valence-electron chi connectivity index (χ4n) is 1.79. The van der Waals surface area contributed by atoms with E-state index in [1.54, 1.807) is 12.1 Å². The Kier molecular flexibility index (Phi) is 2.38. The SMILES string of the molecule is COc1cc(C2(C)CN=C(N)N2)ccc1O. The van der Waals surface area contributed by atoms with Crippen LogP contribution in [0.1, 0.15) is 12.5 Å². The lowest BCUT2D eigenvalue weighted by atomic mass is 9.92. The van der Waals surface area contributed by atoms with Crippen LogP contribution in [0.15, 0.2) is 23.2 Å². The number of aliphatic imine (C=N–C) groups is 1. The van der Waals surface area contributed by atoms with Crippen LogP contribution in [0, 0.1) is 0 Å². The molecule has 1 unspecified atom stereocenters. The minimum atomic E-state index is -0.328. The minimum absolute atomic E-state index is 0.127. The molecule has 5 heteroatoms. The van der Waals surface area contributed by atoms with Gasteiger partial charge in [0, 0.05) is 0 Å². The van der Waals surface area contributed by atoms with Gasteiger partial charge in [0.2, 0.25) is 0 Å². The third-order valence-electron chi connectivity index (χ3n) is 2.79. The van der Waals surface area contributed by atoms with Gasteiger partial charge in [-0.05, 0) is 24.6 Å². The maximum atomic E-state index is 9.51. The molecule has 5 nitrogen and oxygen atoms in total. The van der Waals surface area contributed by atoms with E-state index in [1.807, 2.05) is 13.0 Å². The molecule has 16 heavy (non-hydrogen) atoms. The van der Waals surface area contributed by atoms with Crippen molar-refractivity contribution >= 4 is 5.96 Å². The summed E-state index contributed by atoms with van der Waals surface area (Å²) in [6.45, 7) is 2.58. The lowest BCUT2D eigenvalue weighted by Gasteiger charge is -2.25. The number of ether oxygens (including phenoxy) is 1. The molecule has 1 heterocycles. The molecule has 0 spiro atoms. The van der Waals surface area contributed by atoms with Gasteiger partial charge in [0.15, 0.2) is 17.5 Å². The smallest absolute Gasteiger partial charge is 0.189 e. The van der Waals surface area contributed by atoms with Gasteiger partial charge < -0.3 is 20.9 Å². The summed E-state index contributed by atoms with van der Waals surface area (Å²) in [7, 11) is 1.52. The number of phenolic OH excluding ortho intramolecular Hbond substituents is 1. The highest BCUT2D eigenvalue weighted by molar-refractivity contribution is 5.81. The van der Waals surface area contributed by atoms with Gasteiger partial charge >= 0.3 is 0 Å². The normalized spacial score (nSPS) is 23.8. The first-order valence-corrected chi connectivity index (χ1v) is 5.01. The lowest BCUT2D eigenvalue weighted by molar-refractivity contribution is 0.370. The molecule has 1 atom stereocenters. The monoisotopic (exact) mass is 221 g/mol. The first-order valence-electron chi connectivity index (χ1n) is 5.01. The molecule has 1 aliphatic heterocycles. The predicted molar refractivity (Wildman–Crippen MR) is 61.6 cm³/mol. The Morgan fingerprint density at radius 1 is 1.56 bits per heavy atom. The molecule has 1 aliphatic rings. The van der Waals surface area contributed by atoms with Crippen LogP contribution in [-0.2, 0) is 5.54 Å². The van der Waals surface area contributed by atoms with Crippen LogP contribution in [-0.4, -0.2) is 24.7 Å². The Morgan fingerprint density at radius 3 is 2.88 bits per heavy atom. The van der Waals surface area contributed by atoms with Crippen molar-refractivity contribution in [3.63, 3.8) is 0 Å². The Hall–Kier alpha value is -1.91. The fourth-order valence-corrected chi connectivity index (χ4v) is 1.79. The molecule has 0 saturated carbocycles. The van der Waals surface area contributed by atoms with E-state index >= 15 is 0 Å². The molecule has 1 aromatic rings. The average molecular weight is 221 g/mol. The average Bonchev–Trinajstić information content (AvgIpc) is 2.60. The molecule has 2 rings (SSSR count). The van der Waals surface area contributed by atoms with E-state index in [9.17, 15) is 5.11 Å². The van der Waals surface area contributed by atoms with E-state index < -0.39 is 0 Å². The molecule has 0 bridgehead atoms. The van der Waals surface area contributed by atoms with Crippen LogP contribution >= 0.6 is 0 Å². The summed E-state index contributed by atoms with van der Waals surface area (Å²) >= 11 is 0. The molecule has 1 aromatic carbocycles. The van der Waals surface area contributed by atoms with E-state index in [1.165, 1.54) is 7.11 Å². The molecular weight excluding hydrogens is 206 g/mol. The highest BCUT2D eigenvalue weighted by atomic mass is 16.5. The van der Waals surface area contributed by atoms with E-state index in [4.69, 9.17) is 10.5 Å². The number of aromatic hydroxyl groups is 1. The maximum absolute atomic E-state index is 9.51. The first kappa shape index (κ1) is 10.6. The largest absolute Gasteiger partial charge is 0.504 e. The summed E-state index contributed by atoms with van der Waals surface area (Å²) in [5, 5.41) is 12.6. The number of guanidine groups is 1. The predicted octanol–water partition coefficient (Wildman–Crippen LogP) is 0.534. The molecular formula is C11H15N3O2. The molecule has 0 aliphatic carbocycles. The van der Waals surface area contributed by atoms with Crippen LogP contribution in [0.25, 0.3) is 0 Å². The Morgan fingerprint density at radius 2 is 2.31 bits per heavy atom. The van der Waals surface area contributed by atoms with Crippen molar-refractivity contribution in [3.8, 4) is 11.5 Å². The minimum Gasteiger partial charge on any atom is -0.504 e. The van der Waals surface area contributed by atoms with Crippen molar-refractivity contribution in [3.05, 3.63) is 23.8 Å². The summed E-state index contributed by atoms with van der Waals surface area (Å²) in [6.07, 6.45) is 0. The number of benzene rings is 1. The topological polar surface area (TPSA) is 79.9 Å². The van der Waals surface area contributed by atoms with Crippen molar-refractivity contribution < 1.29 is 9.84 Å². The van der Waals surface area contributed by atoms with Crippen molar-refractivity contribution in [2.45, 2.75) is 12.5 Å². The zero-order valence-electron chi connectivity index (χ0n) is 9.32. The molecule has 4 N–H and O–H groups in total. The molecule has 0 saturated heterocycles. The maximum Gasteiger partial charge on any atom is 0.189 e. The van der Waals surface area contributed by atoms with Crippen LogP contribution in [0.3, 0.4) is 0 Å². The molecule has 0 radical (unpaired) electrons. The summed E-state index contributed by atoms with van der Waals surface area (Å²) in [5.41, 5.74) is 6.26. The number of hydrogen-bond donors (Lipinski definition) is 3. The quantitative estimate of drug-likeness (QED) is 0.680. The number of nitrogens with two attached hydrogens (primary N) is 1. The summed E-state index contributed by atoms with van der Waals surface area (Å²) in [4.78, 5) is 4.12. The van der Waals surface area contributed by atoms with E-state index in [2.05, 4.69) is 10.3 Å². The van der Waals surface area contributed by atoms with Crippen molar-refractivity contribution in [2.24, 2.45) is 10.7 Å². The fraction of sp³-hybridized carbons (Fsp3) is 0.364. The number of methoxy groups -OCH3 is 1. The van der Waals surface area contributed by atoms with Gasteiger partial charge in [0.1, 0.15) is 0 Å². The van der Waals surface area contributed by atoms with E-state index in [-0.39, 0.29) is 11.3 Å². The summed E-state index contributed by atoms with van der Waals surface area (Å²) in [6, 6.07) is 5.23. The number of nitrogens with one attached hydrogen (secondary N) is 1.